The summed E-state index contributed by atoms with van der Waals surface area (Å²) >= 11 is 10.8. The molecule has 14 heterocycles. The van der Waals surface area contributed by atoms with E-state index in [4.69, 9.17) is 24.2 Å². The van der Waals surface area contributed by atoms with Gasteiger partial charge in [0.15, 0.2) is 0 Å². The number of morpholine rings is 1. The van der Waals surface area contributed by atoms with E-state index in [-0.39, 0.29) is 80.5 Å². The number of hydrogen-bond donors (Lipinski definition) is 0. The number of nitrogens with zero attached hydrogens (tertiary/aromatic N) is 21. The number of piperidine rings is 5. The topological polar surface area (TPSA) is 316 Å². The maximum absolute atomic E-state index is 13.0. The standard InChI is InChI=1S/C18H21N3OS.C17H19N3OS.C16H17N3OS.C15H15N3S.C11H13F2N3S.C10H13N3OS.C10H13N3S/c1-14-18(23-13-20-14)17(11-19)21-9-7-16(8-10-21)22-12-15-5-3-2-4-6-15;1-13-17(22-12-19-13)16(11-18)20-9-7-15(8-10-20)21-14-5-3-2-4-6-14;17-10-15(16-11-18-12-21-16)19-8-6-14(7-9-19)20-13-4-2-1-3-5-13;1-11-15(19-10-17-11)14(8-16)18-7-6-12-4-2-3-5-13(12)9-18;1-8-10(17-7-15-8)9(6-14)16-4-2-11(12,13)3-5-16;1-8-10(15-7-12-8)9(6-11)13-2-4-14-5-3-13;11-6-9(10-7-12-8-14-10)13-4-2-1-3-5-13/h2-6,13,16-17H,7-10,12H2,1H3;2-6,12,15-16H,7-10H2,1H3;1-5,11-12,14-15H,6-9H2;2-5,10,14H,6-7,9H2,1H3;7,9H,2-5H2,1H3;7,9H,2-5H2,1H3;7-9H,1-5H2. The summed E-state index contributed by atoms with van der Waals surface area (Å²) < 4.78 is 49.4. The van der Waals surface area contributed by atoms with Gasteiger partial charge in [-0.05, 0) is 146 Å². The predicted octanol–water partition coefficient (Wildman–Crippen LogP) is 19.9. The number of alkyl halides is 2. The fourth-order valence-corrected chi connectivity index (χ4v) is 22.4. The zero-order valence-electron chi connectivity index (χ0n) is 74.6. The molecule has 6 fully saturated rings. The van der Waals surface area contributed by atoms with Gasteiger partial charge in [0.1, 0.15) is 66.0 Å². The van der Waals surface area contributed by atoms with Gasteiger partial charge < -0.3 is 18.9 Å². The van der Waals surface area contributed by atoms with Gasteiger partial charge in [0.25, 0.3) is 5.92 Å². The molecular formula is C97H111F2N21O4S7. The maximum atomic E-state index is 13.0. The van der Waals surface area contributed by atoms with E-state index in [0.29, 0.717) is 6.61 Å². The summed E-state index contributed by atoms with van der Waals surface area (Å²) in [4.78, 5) is 51.7. The van der Waals surface area contributed by atoms with Crippen LogP contribution in [0.3, 0.4) is 0 Å². The number of halogens is 2. The molecule has 0 saturated carbocycles. The summed E-state index contributed by atoms with van der Waals surface area (Å²) in [5, 5.41) is 65.6. The number of nitriles is 7. The first-order chi connectivity index (χ1) is 64.0. The van der Waals surface area contributed by atoms with E-state index in [1.165, 1.54) is 47.3 Å². The lowest BCUT2D eigenvalue weighted by atomic mass is 9.98. The Bertz CT molecular complexity index is 5500. The Labute approximate surface area is 796 Å². The Morgan fingerprint density at radius 3 is 1.05 bits per heavy atom. The smallest absolute Gasteiger partial charge is 0.250 e. The molecule has 25 nitrogen and oxygen atoms in total. The summed E-state index contributed by atoms with van der Waals surface area (Å²) in [6, 6.07) is 54.0. The minimum Gasteiger partial charge on any atom is -0.490 e. The van der Waals surface area contributed by atoms with Crippen molar-refractivity contribution in [3.8, 4) is 54.0 Å². The Morgan fingerprint density at radius 2 is 0.695 bits per heavy atom. The molecule has 7 aliphatic heterocycles. The molecule has 7 atom stereocenters. The Hall–Kier alpha value is -10.2. The Kier molecular flexibility index (Phi) is 39.9. The molecule has 0 radical (unpaired) electrons. The SMILES string of the molecule is Cc1ncsc1C(C#N)N1CCC(F)(F)CC1.Cc1ncsc1C(C#N)N1CCC(OCc2ccccc2)CC1.Cc1ncsc1C(C#N)N1CCC(Oc2ccccc2)CC1.Cc1ncsc1C(C#N)N1CCOCC1.Cc1ncsc1C(C#N)N1CCc2ccccc2C1.N#CC(c1cncs1)N1CCC(Oc2ccccc2)CC1.N#CC(c1cncs1)N1CCCCC1. The van der Waals surface area contributed by atoms with Crippen molar-refractivity contribution < 1.29 is 27.7 Å². The molecule has 0 spiro atoms. The number of aryl methyl sites for hydroxylation is 5. The monoisotopic (exact) mass is 1900 g/mol. The van der Waals surface area contributed by atoms with Crippen LogP contribution in [0.15, 0.2) is 166 Å². The number of hydrogen-bond acceptors (Lipinski definition) is 32. The predicted molar refractivity (Wildman–Crippen MR) is 510 cm³/mol. The van der Waals surface area contributed by atoms with Gasteiger partial charge in [-0.3, -0.25) is 44.3 Å². The lowest BCUT2D eigenvalue weighted by molar-refractivity contribution is -0.0593. The van der Waals surface area contributed by atoms with Crippen LogP contribution < -0.4 is 9.47 Å². The van der Waals surface area contributed by atoms with Crippen molar-refractivity contribution >= 4 is 79.4 Å². The van der Waals surface area contributed by atoms with Crippen molar-refractivity contribution in [3.05, 3.63) is 246 Å². The molecule has 7 aliphatic rings. The summed E-state index contributed by atoms with van der Waals surface area (Å²) in [6.07, 6.45) is 14.6. The first kappa shape index (κ1) is 99.8. The van der Waals surface area contributed by atoms with Gasteiger partial charge in [-0.25, -0.2) is 33.7 Å². The molecule has 34 heteroatoms. The van der Waals surface area contributed by atoms with E-state index >= 15 is 0 Å². The van der Waals surface area contributed by atoms with Crippen molar-refractivity contribution in [1.82, 2.24) is 69.2 Å². The molecule has 6 saturated heterocycles. The highest BCUT2D eigenvalue weighted by molar-refractivity contribution is 7.11. The lowest BCUT2D eigenvalue weighted by Gasteiger charge is -2.34. The second kappa shape index (κ2) is 52.3. The number of para-hydroxylation sites is 2. The van der Waals surface area contributed by atoms with Crippen LogP contribution in [0.2, 0.25) is 0 Å². The third-order valence-corrected chi connectivity index (χ3v) is 30.6. The van der Waals surface area contributed by atoms with E-state index in [2.05, 4.69) is 143 Å². The highest BCUT2D eigenvalue weighted by Gasteiger charge is 2.39. The lowest BCUT2D eigenvalue weighted by Crippen LogP contribution is -2.41. The molecule has 0 N–H and O–H groups in total. The van der Waals surface area contributed by atoms with Gasteiger partial charge in [-0.1, -0.05) is 97.4 Å². The Balaban J connectivity index is 0.000000139. The molecule has 18 rings (SSSR count). The molecule has 4 aromatic carbocycles. The first-order valence-corrected chi connectivity index (χ1v) is 50.5. The highest BCUT2D eigenvalue weighted by atomic mass is 32.1. The average Bonchev–Trinajstić information content (AvgIpc) is 1.81. The highest BCUT2D eigenvalue weighted by Crippen LogP contribution is 2.39. The van der Waals surface area contributed by atoms with Crippen LogP contribution in [-0.2, 0) is 29.0 Å². The summed E-state index contributed by atoms with van der Waals surface area (Å²) in [7, 11) is 0. The van der Waals surface area contributed by atoms with Crippen LogP contribution in [-0.4, -0.2) is 192 Å². The normalized spacial score (nSPS) is 18.7. The van der Waals surface area contributed by atoms with Gasteiger partial charge in [0.2, 0.25) is 0 Å². The molecule has 131 heavy (non-hydrogen) atoms. The third kappa shape index (κ3) is 29.2. The van der Waals surface area contributed by atoms with E-state index in [0.717, 1.165) is 211 Å². The quantitative estimate of drug-likeness (QED) is 0.0645. The summed E-state index contributed by atoms with van der Waals surface area (Å²) in [5.74, 6) is -0.717. The van der Waals surface area contributed by atoms with Crippen molar-refractivity contribution in [1.29, 1.82) is 36.8 Å². The largest absolute Gasteiger partial charge is 0.490 e. The number of aromatic nitrogens is 7. The number of rotatable bonds is 21. The van der Waals surface area contributed by atoms with Crippen molar-refractivity contribution in [2.45, 2.75) is 191 Å². The zero-order chi connectivity index (χ0) is 92.1. The van der Waals surface area contributed by atoms with Crippen molar-refractivity contribution in [3.63, 3.8) is 0 Å². The van der Waals surface area contributed by atoms with Crippen molar-refractivity contribution in [2.24, 2.45) is 0 Å². The van der Waals surface area contributed by atoms with E-state index in [9.17, 15) is 40.4 Å². The zero-order valence-corrected chi connectivity index (χ0v) is 80.3. The van der Waals surface area contributed by atoms with Crippen LogP contribution in [0.1, 0.15) is 192 Å². The van der Waals surface area contributed by atoms with Gasteiger partial charge in [-0.15, -0.1) is 79.4 Å². The summed E-state index contributed by atoms with van der Waals surface area (Å²) in [5.41, 5.74) is 21.2. The van der Waals surface area contributed by atoms with Gasteiger partial charge in [0, 0.05) is 104 Å². The minimum atomic E-state index is -2.57. The van der Waals surface area contributed by atoms with Crippen LogP contribution >= 0.6 is 79.4 Å². The summed E-state index contributed by atoms with van der Waals surface area (Å²) in [6.45, 7) is 23.2. The van der Waals surface area contributed by atoms with Crippen molar-refractivity contribution in [2.75, 3.05) is 98.3 Å². The second-order valence-corrected chi connectivity index (χ2v) is 38.8. The fraction of sp³-hybridized carbons (Fsp3) is 0.464. The van der Waals surface area contributed by atoms with Gasteiger partial charge in [-0.2, -0.15) is 36.8 Å². The number of likely N-dealkylation sites (tertiary alicyclic amines) is 5. The molecule has 0 bridgehead atoms. The molecule has 11 aromatic rings. The number of thiazole rings is 7. The van der Waals surface area contributed by atoms with E-state index < -0.39 is 12.0 Å². The van der Waals surface area contributed by atoms with Crippen LogP contribution in [0.5, 0.6) is 11.5 Å². The Morgan fingerprint density at radius 1 is 0.366 bits per heavy atom. The molecule has 684 valence electrons. The van der Waals surface area contributed by atoms with Crippen LogP contribution in [0.25, 0.3) is 0 Å². The second-order valence-electron chi connectivity index (χ2n) is 32.5. The van der Waals surface area contributed by atoms with Gasteiger partial charge >= 0.3 is 0 Å². The third-order valence-electron chi connectivity index (χ3n) is 24.0. The molecular weight excluding hydrogens is 1790 g/mol. The molecule has 7 aromatic heterocycles. The van der Waals surface area contributed by atoms with Gasteiger partial charge in [0.05, 0.1) is 170 Å². The minimum absolute atomic E-state index is 0.0669. The number of ether oxygens (including phenoxy) is 4. The van der Waals surface area contributed by atoms with E-state index in [1.54, 1.807) is 96.3 Å². The molecule has 0 aliphatic carbocycles. The number of fused-ring (bicyclic) bond motifs is 1. The van der Waals surface area contributed by atoms with E-state index in [1.807, 2.05) is 141 Å². The van der Waals surface area contributed by atoms with Crippen LogP contribution in [0, 0.1) is 114 Å². The van der Waals surface area contributed by atoms with Crippen LogP contribution in [0.4, 0.5) is 8.78 Å². The maximum Gasteiger partial charge on any atom is 0.250 e. The average molecular weight is 1900 g/mol. The first-order valence-electron chi connectivity index (χ1n) is 44.3. The molecule has 0 amide bonds. The molecule has 7 unspecified atom stereocenters. The fourth-order valence-electron chi connectivity index (χ4n) is 16.6. The number of benzene rings is 4.